The molecule has 2 aliphatic heterocycles. The minimum atomic E-state index is -1.07. The monoisotopic (exact) mass is 402 g/mol. The zero-order valence-corrected chi connectivity index (χ0v) is 17.6. The van der Waals surface area contributed by atoms with Crippen molar-refractivity contribution in [3.8, 4) is 0 Å². The molecule has 2 amide bonds. The van der Waals surface area contributed by atoms with Gasteiger partial charge >= 0.3 is 5.97 Å². The highest BCUT2D eigenvalue weighted by atomic mass is 16.5. The fourth-order valence-electron chi connectivity index (χ4n) is 4.17. The van der Waals surface area contributed by atoms with Gasteiger partial charge in [-0.1, -0.05) is 39.0 Å². The maximum Gasteiger partial charge on any atom is 0.328 e. The van der Waals surface area contributed by atoms with Gasteiger partial charge in [0.1, 0.15) is 5.72 Å². The van der Waals surface area contributed by atoms with Crippen molar-refractivity contribution in [3.05, 3.63) is 35.4 Å². The molecule has 2 saturated heterocycles. The number of carboxylic acids is 1. The number of carbonyl (C=O) groups is 3. The van der Waals surface area contributed by atoms with Crippen molar-refractivity contribution in [3.63, 3.8) is 0 Å². The van der Waals surface area contributed by atoms with Gasteiger partial charge in [-0.25, -0.2) is 4.79 Å². The van der Waals surface area contributed by atoms with E-state index >= 15 is 0 Å². The number of ether oxygens (including phenoxy) is 1. The Bertz CT molecular complexity index is 806. The van der Waals surface area contributed by atoms with Crippen LogP contribution in [0.15, 0.2) is 24.3 Å². The van der Waals surface area contributed by atoms with Crippen molar-refractivity contribution >= 4 is 17.8 Å². The fraction of sp³-hybridized carbons (Fsp3) is 0.591. The van der Waals surface area contributed by atoms with Crippen LogP contribution in [0.5, 0.6) is 0 Å². The van der Waals surface area contributed by atoms with Gasteiger partial charge in [-0.05, 0) is 24.0 Å². The van der Waals surface area contributed by atoms with Crippen molar-refractivity contribution in [2.24, 2.45) is 5.41 Å². The number of aliphatic carboxylic acids is 1. The van der Waals surface area contributed by atoms with Crippen LogP contribution >= 0.6 is 0 Å². The van der Waals surface area contributed by atoms with Crippen LogP contribution < -0.4 is 0 Å². The SMILES string of the molecule is Cc1ccccc1C(=O)N1[C@H](C(=O)O)COC12CCN(C(=O)CC(C)(C)C)CC2. The zero-order chi connectivity index (χ0) is 21.4. The van der Waals surface area contributed by atoms with E-state index in [-0.39, 0.29) is 23.8 Å². The van der Waals surface area contributed by atoms with E-state index in [0.717, 1.165) is 5.56 Å². The lowest BCUT2D eigenvalue weighted by Crippen LogP contribution is -2.59. The quantitative estimate of drug-likeness (QED) is 0.840. The molecule has 0 unspecified atom stereocenters. The molecule has 0 bridgehead atoms. The van der Waals surface area contributed by atoms with Crippen molar-refractivity contribution in [2.75, 3.05) is 19.7 Å². The van der Waals surface area contributed by atoms with Gasteiger partial charge in [-0.3, -0.25) is 14.5 Å². The second kappa shape index (κ2) is 7.78. The van der Waals surface area contributed by atoms with Crippen LogP contribution in [-0.2, 0) is 14.3 Å². The number of amides is 2. The van der Waals surface area contributed by atoms with E-state index in [4.69, 9.17) is 4.74 Å². The number of nitrogens with zero attached hydrogens (tertiary/aromatic N) is 2. The highest BCUT2D eigenvalue weighted by Gasteiger charge is 2.54. The van der Waals surface area contributed by atoms with Gasteiger partial charge in [0.2, 0.25) is 5.91 Å². The number of rotatable bonds is 3. The summed E-state index contributed by atoms with van der Waals surface area (Å²) < 4.78 is 5.97. The Hall–Kier alpha value is -2.41. The number of hydrogen-bond acceptors (Lipinski definition) is 4. The van der Waals surface area contributed by atoms with Crippen LogP contribution in [0.2, 0.25) is 0 Å². The Labute approximate surface area is 171 Å². The topological polar surface area (TPSA) is 87.2 Å². The number of benzene rings is 1. The summed E-state index contributed by atoms with van der Waals surface area (Å²) in [5.74, 6) is -1.32. The summed E-state index contributed by atoms with van der Waals surface area (Å²) in [5, 5.41) is 9.69. The molecule has 0 aromatic heterocycles. The number of carboxylic acid groups (broad SMARTS) is 1. The van der Waals surface area contributed by atoms with Crippen molar-refractivity contribution in [2.45, 2.75) is 58.7 Å². The van der Waals surface area contributed by atoms with Crippen LogP contribution in [0.3, 0.4) is 0 Å². The number of aryl methyl sites for hydroxylation is 1. The average molecular weight is 402 g/mol. The van der Waals surface area contributed by atoms with E-state index in [0.29, 0.717) is 37.9 Å². The Morgan fingerprint density at radius 2 is 1.79 bits per heavy atom. The van der Waals surface area contributed by atoms with Gasteiger partial charge in [0, 0.05) is 37.9 Å². The summed E-state index contributed by atoms with van der Waals surface area (Å²) >= 11 is 0. The second-order valence-corrected chi connectivity index (χ2v) is 9.22. The minimum Gasteiger partial charge on any atom is -0.480 e. The molecule has 29 heavy (non-hydrogen) atoms. The third-order valence-corrected chi connectivity index (χ3v) is 5.72. The largest absolute Gasteiger partial charge is 0.480 e. The van der Waals surface area contributed by atoms with E-state index in [1.165, 1.54) is 4.90 Å². The summed E-state index contributed by atoms with van der Waals surface area (Å²) in [6, 6.07) is 6.13. The summed E-state index contributed by atoms with van der Waals surface area (Å²) in [4.78, 5) is 41.0. The lowest BCUT2D eigenvalue weighted by atomic mass is 9.90. The first-order chi connectivity index (χ1) is 13.5. The van der Waals surface area contributed by atoms with Crippen LogP contribution in [0.1, 0.15) is 56.0 Å². The zero-order valence-electron chi connectivity index (χ0n) is 17.6. The summed E-state index contributed by atoms with van der Waals surface area (Å²) in [6.07, 6.45) is 1.26. The first-order valence-corrected chi connectivity index (χ1v) is 10.1. The summed E-state index contributed by atoms with van der Waals surface area (Å²) in [7, 11) is 0. The van der Waals surface area contributed by atoms with E-state index in [9.17, 15) is 19.5 Å². The minimum absolute atomic E-state index is 0.0388. The van der Waals surface area contributed by atoms with Crippen LogP contribution in [0.25, 0.3) is 0 Å². The molecule has 2 fully saturated rings. The molecule has 158 valence electrons. The Balaban J connectivity index is 1.83. The van der Waals surface area contributed by atoms with Crippen LogP contribution in [0.4, 0.5) is 0 Å². The van der Waals surface area contributed by atoms with E-state index in [1.54, 1.807) is 17.0 Å². The van der Waals surface area contributed by atoms with Crippen molar-refractivity contribution in [1.82, 2.24) is 9.80 Å². The first kappa shape index (κ1) is 21.3. The first-order valence-electron chi connectivity index (χ1n) is 10.1. The third kappa shape index (κ3) is 4.29. The molecule has 0 saturated carbocycles. The van der Waals surface area contributed by atoms with E-state index < -0.39 is 17.7 Å². The number of likely N-dealkylation sites (tertiary alicyclic amines) is 1. The highest BCUT2D eigenvalue weighted by Crippen LogP contribution is 2.39. The molecule has 0 radical (unpaired) electrons. The van der Waals surface area contributed by atoms with Gasteiger partial charge in [0.25, 0.3) is 5.91 Å². The maximum absolute atomic E-state index is 13.4. The van der Waals surface area contributed by atoms with Crippen LogP contribution in [-0.4, -0.2) is 64.2 Å². The Morgan fingerprint density at radius 1 is 1.17 bits per heavy atom. The molecule has 2 heterocycles. The van der Waals surface area contributed by atoms with Gasteiger partial charge < -0.3 is 14.7 Å². The molecule has 7 nitrogen and oxygen atoms in total. The van der Waals surface area contributed by atoms with Crippen molar-refractivity contribution < 1.29 is 24.2 Å². The molecule has 2 aliphatic rings. The smallest absolute Gasteiger partial charge is 0.328 e. The number of carbonyl (C=O) groups excluding carboxylic acids is 2. The van der Waals surface area contributed by atoms with E-state index in [2.05, 4.69) is 0 Å². The maximum atomic E-state index is 13.4. The van der Waals surface area contributed by atoms with E-state index in [1.807, 2.05) is 39.8 Å². The Kier molecular flexibility index (Phi) is 5.72. The molecule has 1 atom stereocenters. The normalized spacial score (nSPS) is 21.4. The predicted molar refractivity (Wildman–Crippen MR) is 107 cm³/mol. The standard InChI is InChI=1S/C22H30N2O5/c1-15-7-5-6-8-16(15)19(26)24-17(20(27)28)14-29-22(24)9-11-23(12-10-22)18(25)13-21(2,3)4/h5-8,17H,9-14H2,1-4H3,(H,27,28)/t17-/m0/s1. The molecular weight excluding hydrogens is 372 g/mol. The molecule has 1 N–H and O–H groups in total. The molecular formula is C22H30N2O5. The lowest BCUT2D eigenvalue weighted by Gasteiger charge is -2.44. The van der Waals surface area contributed by atoms with Crippen LogP contribution in [0, 0.1) is 12.3 Å². The molecule has 1 spiro atoms. The molecule has 7 heteroatoms. The second-order valence-electron chi connectivity index (χ2n) is 9.22. The lowest BCUT2D eigenvalue weighted by molar-refractivity contribution is -0.148. The summed E-state index contributed by atoms with van der Waals surface area (Å²) in [5.41, 5.74) is 0.189. The molecule has 1 aromatic rings. The highest BCUT2D eigenvalue weighted by molar-refractivity contribution is 5.98. The Morgan fingerprint density at radius 3 is 2.34 bits per heavy atom. The van der Waals surface area contributed by atoms with Gasteiger partial charge in [-0.15, -0.1) is 0 Å². The molecule has 3 rings (SSSR count). The van der Waals surface area contributed by atoms with Gasteiger partial charge in [-0.2, -0.15) is 0 Å². The van der Waals surface area contributed by atoms with Gasteiger partial charge in [0.15, 0.2) is 6.04 Å². The fourth-order valence-corrected chi connectivity index (χ4v) is 4.17. The molecule has 0 aliphatic carbocycles. The average Bonchev–Trinajstić information content (AvgIpc) is 2.99. The summed E-state index contributed by atoms with van der Waals surface area (Å²) in [6.45, 7) is 8.75. The van der Waals surface area contributed by atoms with Crippen molar-refractivity contribution in [1.29, 1.82) is 0 Å². The number of piperidine rings is 1. The predicted octanol–water partition coefficient (Wildman–Crippen LogP) is 2.68. The number of hydrogen-bond donors (Lipinski definition) is 1. The van der Waals surface area contributed by atoms with Gasteiger partial charge in [0.05, 0.1) is 6.61 Å². The molecule has 1 aromatic carbocycles. The third-order valence-electron chi connectivity index (χ3n) is 5.72.